The number of amides is 3. The Balaban J connectivity index is -0.000000243. The number of hydrogen-bond donors (Lipinski definition) is 6. The molecule has 1 rings (SSSR count). The van der Waals surface area contributed by atoms with Gasteiger partial charge in [0.15, 0.2) is 0 Å². The van der Waals surface area contributed by atoms with Gasteiger partial charge in [0.05, 0.1) is 18.5 Å². The first-order valence-corrected chi connectivity index (χ1v) is 16.2. The van der Waals surface area contributed by atoms with E-state index in [1.54, 1.807) is 0 Å². The normalized spacial score (nSPS) is 10.0. The molecule has 3 atom stereocenters. The van der Waals surface area contributed by atoms with Crippen LogP contribution in [-0.4, -0.2) is 118 Å². The van der Waals surface area contributed by atoms with E-state index in [0.29, 0.717) is 10.0 Å². The van der Waals surface area contributed by atoms with E-state index in [1.807, 2.05) is 41.5 Å². The number of carbonyl (C=O) groups excluding carboxylic acids is 5. The van der Waals surface area contributed by atoms with Gasteiger partial charge < -0.3 is 42.0 Å². The Morgan fingerprint density at radius 1 is 0.930 bits per heavy atom. The standard InChI is InChI=1S/C18H25AsN4O9S.3C2H6.AsH3.3H2O/c20-12(18(29)30)5-6-14(24)23-13(17(28)21-7-16(26)27)8-33-9-15(25)22-11-3-1-10(2-4-11)19(31)32;3*1-2;;;;/h1-4,12-13,31-32H,5-9,20H2,(H,21,28)(H,22,25)(H,23,24)(H,26,27)(H,29,30);3*1-2H3;1H3;3*1H2/p-3/t12-,13-;;;;;;;/m0......./s1. The van der Waals surface area contributed by atoms with Crippen molar-refractivity contribution in [2.75, 3.05) is 23.4 Å². The van der Waals surface area contributed by atoms with Crippen molar-refractivity contribution in [2.45, 2.75) is 66.5 Å². The van der Waals surface area contributed by atoms with Gasteiger partial charge in [-0.3, -0.25) is 4.79 Å². The van der Waals surface area contributed by atoms with Gasteiger partial charge >= 0.3 is 148 Å². The molecule has 0 aliphatic rings. The summed E-state index contributed by atoms with van der Waals surface area (Å²) in [4.78, 5) is 57.6. The number of nitrogens with one attached hydrogen (secondary N) is 3. The number of rotatable bonds is 14. The second kappa shape index (κ2) is 36.0. The van der Waals surface area contributed by atoms with Gasteiger partial charge in [0.2, 0.25) is 0 Å². The molecule has 0 fully saturated rings. The van der Waals surface area contributed by atoms with E-state index in [1.165, 1.54) is 24.3 Å². The molecule has 256 valence electrons. The van der Waals surface area contributed by atoms with Crippen molar-refractivity contribution in [3.05, 3.63) is 24.3 Å². The molecular weight excluding hydrogens is 718 g/mol. The van der Waals surface area contributed by atoms with Crippen molar-refractivity contribution in [1.82, 2.24) is 10.6 Å². The summed E-state index contributed by atoms with van der Waals surface area (Å²) in [6.07, 6.45) is -0.370. The molecule has 12 N–H and O–H groups in total. The maximum absolute atomic E-state index is 12.2. The average molecular weight is 768 g/mol. The maximum atomic E-state index is 12.2. The van der Waals surface area contributed by atoms with Crippen LogP contribution in [0.1, 0.15) is 54.4 Å². The number of carboxylic acid groups (broad SMARTS) is 2. The molecule has 0 saturated heterocycles. The van der Waals surface area contributed by atoms with Gasteiger partial charge in [0.25, 0.3) is 0 Å². The molecule has 1 unspecified atom stereocenters. The third-order valence-corrected chi connectivity index (χ3v) is 6.64. The number of benzene rings is 1. The average Bonchev–Trinajstić information content (AvgIpc) is 2.93. The van der Waals surface area contributed by atoms with Crippen molar-refractivity contribution in [2.24, 2.45) is 0 Å². The van der Waals surface area contributed by atoms with Crippen molar-refractivity contribution >= 4 is 84.7 Å². The molecule has 0 radical (unpaired) electrons. The van der Waals surface area contributed by atoms with Crippen LogP contribution in [0, 0.1) is 0 Å². The quantitative estimate of drug-likeness (QED) is 0.0965. The van der Waals surface area contributed by atoms with Crippen LogP contribution in [0.3, 0.4) is 0 Å². The van der Waals surface area contributed by atoms with Crippen LogP contribution in [0.2, 0.25) is 0 Å². The van der Waals surface area contributed by atoms with Crippen LogP contribution in [-0.2, 0) is 24.0 Å². The van der Waals surface area contributed by atoms with Gasteiger partial charge in [-0.05, 0) is 0 Å². The summed E-state index contributed by atoms with van der Waals surface area (Å²) >= 11 is -2.01. The predicted molar refractivity (Wildman–Crippen MR) is 165 cm³/mol. The number of quaternary nitrogens is 1. The van der Waals surface area contributed by atoms with Crippen LogP contribution < -0.4 is 36.2 Å². The third kappa shape index (κ3) is 29.6. The fraction of sp³-hybridized carbons (Fsp3) is 0.542. The fourth-order valence-electron chi connectivity index (χ4n) is 2.30. The van der Waals surface area contributed by atoms with Crippen LogP contribution in [0.15, 0.2) is 24.3 Å². The molecule has 0 heterocycles. The molecule has 0 aliphatic carbocycles. The summed E-state index contributed by atoms with van der Waals surface area (Å²) in [7, 11) is 0. The second-order valence-corrected chi connectivity index (χ2v) is 9.99. The Bertz CT molecular complexity index is 869. The van der Waals surface area contributed by atoms with E-state index in [9.17, 15) is 42.4 Å². The van der Waals surface area contributed by atoms with E-state index >= 15 is 0 Å². The molecule has 19 heteroatoms. The number of hydrogen-bond acceptors (Lipinski definition) is 12. The van der Waals surface area contributed by atoms with Crippen molar-refractivity contribution in [3.63, 3.8) is 0 Å². The minimum atomic E-state index is -3.00. The number of thioether (sulfide) groups is 1. The summed E-state index contributed by atoms with van der Waals surface area (Å²) in [6.45, 7) is 11.2. The zero-order valence-corrected chi connectivity index (χ0v) is 31.1. The Morgan fingerprint density at radius 3 is 1.84 bits per heavy atom. The molecule has 16 nitrogen and oxygen atoms in total. The first kappa shape index (κ1) is 56.6. The first-order chi connectivity index (χ1) is 18.5. The monoisotopic (exact) mass is 767 g/mol. The second-order valence-electron chi connectivity index (χ2n) is 6.66. The summed E-state index contributed by atoms with van der Waals surface area (Å²) < 4.78 is 18.8. The number of anilines is 1. The molecule has 0 spiro atoms. The Hall–Kier alpha value is -2.20. The first-order valence-electron chi connectivity index (χ1n) is 12.5. The van der Waals surface area contributed by atoms with E-state index < -0.39 is 63.6 Å². The van der Waals surface area contributed by atoms with E-state index in [-0.39, 0.29) is 58.7 Å². The summed E-state index contributed by atoms with van der Waals surface area (Å²) in [6, 6.07) is 3.67. The van der Waals surface area contributed by atoms with Crippen molar-refractivity contribution < 1.29 is 64.5 Å². The molecule has 0 saturated carbocycles. The summed E-state index contributed by atoms with van der Waals surface area (Å²) in [5.41, 5.74) is 3.75. The SMILES string of the molecule is CC.CC.CC.O.[AsH3].[NH3+][C@@H](CCC(=O)N[C@@H](CSCC(=O)Nc1ccc([As](O)O)cc1)C(=O)NCC(=O)[O-])C(=O)[O-].[OH-].[OH-]. The molecule has 1 aromatic carbocycles. The van der Waals surface area contributed by atoms with Gasteiger partial charge in [-0.1, -0.05) is 41.5 Å². The van der Waals surface area contributed by atoms with Gasteiger partial charge in [0, 0.05) is 12.8 Å². The molecule has 0 aromatic heterocycles. The smallest absolute Gasteiger partial charge is 0.870 e. The number of aliphatic carboxylic acids is 2. The zero-order valence-electron chi connectivity index (χ0n) is 25.4. The van der Waals surface area contributed by atoms with Gasteiger partial charge in [-0.25, -0.2) is 0 Å². The summed E-state index contributed by atoms with van der Waals surface area (Å²) in [5, 5.41) is 28.3. The Kier molecular flexibility index (Phi) is 47.3. The zero-order chi connectivity index (χ0) is 31.0. The fourth-order valence-corrected chi connectivity index (χ4v) is 4.02. The summed E-state index contributed by atoms with van der Waals surface area (Å²) in [5.74, 6) is -5.02. The topological polar surface area (TPSA) is 327 Å². The van der Waals surface area contributed by atoms with E-state index in [2.05, 4.69) is 21.7 Å². The van der Waals surface area contributed by atoms with Crippen molar-refractivity contribution in [1.29, 1.82) is 0 Å². The molecule has 1 aromatic rings. The molecule has 0 aliphatic heterocycles. The van der Waals surface area contributed by atoms with Crippen LogP contribution in [0.5, 0.6) is 0 Å². The number of carbonyl (C=O) groups is 5. The third-order valence-electron chi connectivity index (χ3n) is 4.01. The Labute approximate surface area is 273 Å². The molecular formula is C24H49As2N4O12S-3. The Morgan fingerprint density at radius 2 is 1.42 bits per heavy atom. The molecule has 3 amide bonds. The number of carboxylic acids is 2. The minimum Gasteiger partial charge on any atom is -0.870 e. The van der Waals surface area contributed by atoms with Crippen LogP contribution >= 0.6 is 11.8 Å². The van der Waals surface area contributed by atoms with E-state index in [4.69, 9.17) is 0 Å². The van der Waals surface area contributed by atoms with Gasteiger partial charge in [-0.15, -0.1) is 0 Å². The van der Waals surface area contributed by atoms with Crippen molar-refractivity contribution in [3.8, 4) is 0 Å². The van der Waals surface area contributed by atoms with E-state index in [0.717, 1.165) is 11.8 Å². The van der Waals surface area contributed by atoms with Crippen LogP contribution in [0.4, 0.5) is 5.69 Å². The molecule has 0 bridgehead atoms. The minimum absolute atomic E-state index is 0. The van der Waals surface area contributed by atoms with Crippen LogP contribution in [0.25, 0.3) is 0 Å². The molecule has 43 heavy (non-hydrogen) atoms. The van der Waals surface area contributed by atoms with Gasteiger partial charge in [-0.2, -0.15) is 0 Å². The van der Waals surface area contributed by atoms with Gasteiger partial charge in [0.1, 0.15) is 6.04 Å². The predicted octanol–water partition coefficient (Wildman–Crippen LogP) is -5.75.